The minimum absolute atomic E-state index is 0.250. The van der Waals surface area contributed by atoms with Gasteiger partial charge in [0, 0.05) is 31.4 Å². The molecule has 1 unspecified atom stereocenters. The van der Waals surface area contributed by atoms with Crippen LogP contribution in [0.5, 0.6) is 0 Å². The lowest BCUT2D eigenvalue weighted by Crippen LogP contribution is -2.25. The Labute approximate surface area is 99.1 Å². The molecule has 0 aliphatic heterocycles. The van der Waals surface area contributed by atoms with Crippen LogP contribution >= 0.6 is 0 Å². The highest BCUT2D eigenvalue weighted by Gasteiger charge is 2.09. The lowest BCUT2D eigenvalue weighted by molar-refractivity contribution is 0.481. The number of rotatable bonds is 7. The third kappa shape index (κ3) is 4.35. The smallest absolute Gasteiger partial charge is 0.110 e. The van der Waals surface area contributed by atoms with E-state index in [9.17, 15) is 0 Å². The van der Waals surface area contributed by atoms with Crippen LogP contribution in [0, 0.1) is 5.92 Å². The third-order valence-corrected chi connectivity index (χ3v) is 2.83. The van der Waals surface area contributed by atoms with Crippen LogP contribution < -0.4 is 5.73 Å². The number of nitrogens with two attached hydrogens (primary N) is 1. The summed E-state index contributed by atoms with van der Waals surface area (Å²) in [4.78, 5) is 4.38. The van der Waals surface area contributed by atoms with Crippen molar-refractivity contribution in [2.75, 3.05) is 0 Å². The fraction of sp³-hybridized carbons (Fsp3) is 0.769. The van der Waals surface area contributed by atoms with Crippen LogP contribution in [-0.2, 0) is 13.0 Å². The first-order valence-electron chi connectivity index (χ1n) is 6.39. The molecule has 1 atom stereocenters. The fourth-order valence-electron chi connectivity index (χ4n) is 1.86. The molecule has 1 rings (SSSR count). The Kier molecular flexibility index (Phi) is 5.53. The second-order valence-electron chi connectivity index (χ2n) is 4.97. The molecule has 0 aromatic carbocycles. The molecule has 1 aromatic rings. The van der Waals surface area contributed by atoms with Crippen LogP contribution in [0.2, 0.25) is 0 Å². The minimum atomic E-state index is 0.250. The predicted molar refractivity (Wildman–Crippen MR) is 68.3 cm³/mol. The van der Waals surface area contributed by atoms with Gasteiger partial charge < -0.3 is 10.3 Å². The van der Waals surface area contributed by atoms with Crippen molar-refractivity contribution in [2.45, 2.75) is 59.0 Å². The number of imidazole rings is 1. The Bertz CT molecular complexity index is 291. The minimum Gasteiger partial charge on any atom is -0.335 e. The van der Waals surface area contributed by atoms with E-state index < -0.39 is 0 Å². The molecule has 3 heteroatoms. The van der Waals surface area contributed by atoms with E-state index >= 15 is 0 Å². The number of hydrogen-bond acceptors (Lipinski definition) is 2. The molecular weight excluding hydrogens is 198 g/mol. The molecule has 2 N–H and O–H groups in total. The number of hydrogen-bond donors (Lipinski definition) is 1. The zero-order chi connectivity index (χ0) is 12.0. The highest BCUT2D eigenvalue weighted by Crippen LogP contribution is 2.09. The van der Waals surface area contributed by atoms with Gasteiger partial charge >= 0.3 is 0 Å². The number of aromatic nitrogens is 2. The lowest BCUT2D eigenvalue weighted by atomic mass is 10.0. The first kappa shape index (κ1) is 13.2. The van der Waals surface area contributed by atoms with Crippen LogP contribution in [0.4, 0.5) is 0 Å². The van der Waals surface area contributed by atoms with Gasteiger partial charge in [-0.05, 0) is 25.2 Å². The summed E-state index contributed by atoms with van der Waals surface area (Å²) in [5.74, 6) is 1.87. The second-order valence-corrected chi connectivity index (χ2v) is 4.97. The highest BCUT2D eigenvalue weighted by molar-refractivity contribution is 4.95. The lowest BCUT2D eigenvalue weighted by Gasteiger charge is -2.13. The predicted octanol–water partition coefficient (Wildman–Crippen LogP) is 2.60. The van der Waals surface area contributed by atoms with Gasteiger partial charge in [0.25, 0.3) is 0 Å². The zero-order valence-electron chi connectivity index (χ0n) is 10.8. The molecule has 0 saturated carbocycles. The van der Waals surface area contributed by atoms with Crippen molar-refractivity contribution in [3.8, 4) is 0 Å². The van der Waals surface area contributed by atoms with Crippen LogP contribution in [0.25, 0.3) is 0 Å². The summed E-state index contributed by atoms with van der Waals surface area (Å²) in [5, 5.41) is 0. The molecule has 16 heavy (non-hydrogen) atoms. The van der Waals surface area contributed by atoms with Gasteiger partial charge in [0.1, 0.15) is 5.82 Å². The van der Waals surface area contributed by atoms with Crippen molar-refractivity contribution in [1.82, 2.24) is 9.55 Å². The first-order valence-corrected chi connectivity index (χ1v) is 6.39. The van der Waals surface area contributed by atoms with Gasteiger partial charge in [0.05, 0.1) is 0 Å². The maximum absolute atomic E-state index is 6.12. The highest BCUT2D eigenvalue weighted by atomic mass is 15.1. The molecule has 3 nitrogen and oxygen atoms in total. The number of aryl methyl sites for hydroxylation is 1. The average Bonchev–Trinajstić information content (AvgIpc) is 2.63. The number of nitrogens with zero attached hydrogens (tertiary/aromatic N) is 2. The molecule has 0 aliphatic rings. The van der Waals surface area contributed by atoms with Gasteiger partial charge in [-0.3, -0.25) is 0 Å². The Balaban J connectivity index is 2.42. The Morgan fingerprint density at radius 2 is 2.12 bits per heavy atom. The molecule has 0 radical (unpaired) electrons. The molecule has 0 saturated heterocycles. The van der Waals surface area contributed by atoms with Crippen molar-refractivity contribution in [3.05, 3.63) is 18.2 Å². The summed E-state index contributed by atoms with van der Waals surface area (Å²) in [5.41, 5.74) is 6.12. The van der Waals surface area contributed by atoms with Gasteiger partial charge in [-0.1, -0.05) is 20.8 Å². The van der Waals surface area contributed by atoms with Crippen LogP contribution in [0.3, 0.4) is 0 Å². The van der Waals surface area contributed by atoms with Gasteiger partial charge in [-0.2, -0.15) is 0 Å². The molecule has 0 bridgehead atoms. The second kappa shape index (κ2) is 6.69. The fourth-order valence-corrected chi connectivity index (χ4v) is 1.86. The van der Waals surface area contributed by atoms with Gasteiger partial charge in [0.2, 0.25) is 0 Å². The summed E-state index contributed by atoms with van der Waals surface area (Å²) < 4.78 is 2.22. The molecular formula is C13H25N3. The van der Waals surface area contributed by atoms with Crippen LogP contribution in [0.1, 0.15) is 45.9 Å². The maximum atomic E-state index is 6.12. The normalized spacial score (nSPS) is 13.3. The summed E-state index contributed by atoms with van der Waals surface area (Å²) in [7, 11) is 0. The van der Waals surface area contributed by atoms with Gasteiger partial charge in [-0.25, -0.2) is 4.98 Å². The third-order valence-electron chi connectivity index (χ3n) is 2.83. The average molecular weight is 223 g/mol. The topological polar surface area (TPSA) is 43.8 Å². The maximum Gasteiger partial charge on any atom is 0.110 e. The molecule has 0 fully saturated rings. The van der Waals surface area contributed by atoms with E-state index in [-0.39, 0.29) is 6.04 Å². The monoisotopic (exact) mass is 223 g/mol. The van der Waals surface area contributed by atoms with E-state index in [4.69, 9.17) is 5.73 Å². The summed E-state index contributed by atoms with van der Waals surface area (Å²) in [6.45, 7) is 7.71. The van der Waals surface area contributed by atoms with Crippen LogP contribution in [0.15, 0.2) is 12.4 Å². The van der Waals surface area contributed by atoms with E-state index in [1.807, 2.05) is 12.4 Å². The Morgan fingerprint density at radius 3 is 2.75 bits per heavy atom. The van der Waals surface area contributed by atoms with E-state index in [2.05, 4.69) is 30.3 Å². The summed E-state index contributed by atoms with van der Waals surface area (Å²) >= 11 is 0. The molecule has 0 amide bonds. The van der Waals surface area contributed by atoms with Crippen molar-refractivity contribution in [2.24, 2.45) is 11.7 Å². The molecule has 1 heterocycles. The van der Waals surface area contributed by atoms with Crippen molar-refractivity contribution < 1.29 is 0 Å². The molecule has 0 aliphatic carbocycles. The Hall–Kier alpha value is -0.830. The molecule has 1 aromatic heterocycles. The Morgan fingerprint density at radius 1 is 1.38 bits per heavy atom. The van der Waals surface area contributed by atoms with Gasteiger partial charge in [0.15, 0.2) is 0 Å². The SMILES string of the molecule is CCCn1ccnc1CC(N)CCC(C)C. The largest absolute Gasteiger partial charge is 0.335 e. The van der Waals surface area contributed by atoms with E-state index in [0.717, 1.165) is 37.5 Å². The van der Waals surface area contributed by atoms with Crippen molar-refractivity contribution in [3.63, 3.8) is 0 Å². The molecule has 92 valence electrons. The quantitative estimate of drug-likeness (QED) is 0.772. The first-order chi connectivity index (χ1) is 7.63. The van der Waals surface area contributed by atoms with E-state index in [0.29, 0.717) is 0 Å². The zero-order valence-corrected chi connectivity index (χ0v) is 10.8. The van der Waals surface area contributed by atoms with Crippen LogP contribution in [-0.4, -0.2) is 15.6 Å². The van der Waals surface area contributed by atoms with Crippen molar-refractivity contribution >= 4 is 0 Å². The standard InChI is InChI=1S/C13H25N3/c1-4-8-16-9-7-15-13(16)10-12(14)6-5-11(2)3/h7,9,11-12H,4-6,8,10,14H2,1-3H3. The van der Waals surface area contributed by atoms with E-state index in [1.54, 1.807) is 0 Å². The summed E-state index contributed by atoms with van der Waals surface area (Å²) in [6, 6.07) is 0.250. The van der Waals surface area contributed by atoms with Gasteiger partial charge in [-0.15, -0.1) is 0 Å². The summed E-state index contributed by atoms with van der Waals surface area (Å²) in [6.07, 6.45) is 8.27. The van der Waals surface area contributed by atoms with Crippen molar-refractivity contribution in [1.29, 1.82) is 0 Å². The molecule has 0 spiro atoms. The van der Waals surface area contributed by atoms with E-state index in [1.165, 1.54) is 6.42 Å².